The van der Waals surface area contributed by atoms with Crippen molar-refractivity contribution < 1.29 is 19.1 Å². The molecule has 3 rings (SSSR count). The number of aryl methyl sites for hydroxylation is 1. The molecule has 2 amide bonds. The van der Waals surface area contributed by atoms with Crippen molar-refractivity contribution in [2.45, 2.75) is 38.8 Å². The van der Waals surface area contributed by atoms with E-state index in [1.165, 1.54) is 7.11 Å². The van der Waals surface area contributed by atoms with Gasteiger partial charge in [0.25, 0.3) is 0 Å². The summed E-state index contributed by atoms with van der Waals surface area (Å²) in [6.07, 6.45) is 3.16. The van der Waals surface area contributed by atoms with E-state index in [0.717, 1.165) is 16.5 Å². The highest BCUT2D eigenvalue weighted by Gasteiger charge is 2.26. The number of hydrogen-bond acceptors (Lipinski definition) is 5. The van der Waals surface area contributed by atoms with Crippen LogP contribution in [0.15, 0.2) is 48.8 Å². The number of ether oxygens (including phenoxy) is 2. The normalized spacial score (nSPS) is 12.3. The molecule has 0 bridgehead atoms. The van der Waals surface area contributed by atoms with Crippen molar-refractivity contribution in [2.75, 3.05) is 12.4 Å². The summed E-state index contributed by atoms with van der Waals surface area (Å²) in [5.41, 5.74) is 1.72. The molecule has 8 heteroatoms. The third-order valence-electron chi connectivity index (χ3n) is 4.63. The zero-order chi connectivity index (χ0) is 22.6. The predicted octanol–water partition coefficient (Wildman–Crippen LogP) is 3.66. The first-order valence-electron chi connectivity index (χ1n) is 10.0. The second-order valence-corrected chi connectivity index (χ2v) is 8.23. The Kier molecular flexibility index (Phi) is 6.48. The van der Waals surface area contributed by atoms with Crippen molar-refractivity contribution in [3.05, 3.63) is 54.4 Å². The van der Waals surface area contributed by atoms with Crippen molar-refractivity contribution in [3.8, 4) is 5.88 Å². The molecule has 0 radical (unpaired) electrons. The van der Waals surface area contributed by atoms with Crippen LogP contribution in [0.25, 0.3) is 10.9 Å². The molecule has 1 aromatic carbocycles. The van der Waals surface area contributed by atoms with Gasteiger partial charge < -0.3 is 24.7 Å². The van der Waals surface area contributed by atoms with Crippen molar-refractivity contribution in [2.24, 2.45) is 7.05 Å². The molecule has 164 valence electrons. The fraction of sp³-hybridized carbons (Fsp3) is 0.348. The van der Waals surface area contributed by atoms with Crippen LogP contribution in [0.3, 0.4) is 0 Å². The molecule has 0 spiro atoms. The summed E-state index contributed by atoms with van der Waals surface area (Å²) in [4.78, 5) is 29.7. The smallest absolute Gasteiger partial charge is 0.408 e. The van der Waals surface area contributed by atoms with E-state index in [1.54, 1.807) is 39.1 Å². The number of rotatable bonds is 6. The Balaban J connectivity index is 1.88. The van der Waals surface area contributed by atoms with Gasteiger partial charge in [-0.2, -0.15) is 0 Å². The number of anilines is 1. The summed E-state index contributed by atoms with van der Waals surface area (Å²) in [5, 5.41) is 6.53. The highest BCUT2D eigenvalue weighted by Crippen LogP contribution is 2.23. The van der Waals surface area contributed by atoms with Crippen molar-refractivity contribution in [3.63, 3.8) is 0 Å². The van der Waals surface area contributed by atoms with E-state index in [4.69, 9.17) is 9.47 Å². The van der Waals surface area contributed by atoms with Gasteiger partial charge in [-0.25, -0.2) is 9.78 Å². The van der Waals surface area contributed by atoms with Crippen molar-refractivity contribution >= 4 is 28.6 Å². The van der Waals surface area contributed by atoms with Gasteiger partial charge in [0.05, 0.1) is 7.11 Å². The number of para-hydroxylation sites is 1. The third-order valence-corrected chi connectivity index (χ3v) is 4.63. The lowest BCUT2D eigenvalue weighted by Gasteiger charge is -2.23. The molecule has 0 saturated heterocycles. The largest absolute Gasteiger partial charge is 0.480 e. The zero-order valence-corrected chi connectivity index (χ0v) is 18.4. The molecule has 0 unspecified atom stereocenters. The topological polar surface area (TPSA) is 94.5 Å². The van der Waals surface area contributed by atoms with Gasteiger partial charge in [-0.05, 0) is 44.5 Å². The quantitative estimate of drug-likeness (QED) is 0.630. The number of nitrogens with zero attached hydrogens (tertiary/aromatic N) is 2. The molecule has 1 atom stereocenters. The van der Waals surface area contributed by atoms with E-state index < -0.39 is 23.6 Å². The third kappa shape index (κ3) is 5.53. The van der Waals surface area contributed by atoms with E-state index in [-0.39, 0.29) is 12.3 Å². The summed E-state index contributed by atoms with van der Waals surface area (Å²) in [7, 11) is 3.42. The average Bonchev–Trinajstić information content (AvgIpc) is 3.02. The van der Waals surface area contributed by atoms with E-state index in [9.17, 15) is 9.59 Å². The van der Waals surface area contributed by atoms with Crippen LogP contribution < -0.4 is 15.4 Å². The summed E-state index contributed by atoms with van der Waals surface area (Å²) in [5.74, 6) is -0.109. The molecule has 31 heavy (non-hydrogen) atoms. The Morgan fingerprint density at radius 3 is 2.61 bits per heavy atom. The Morgan fingerprint density at radius 1 is 1.16 bits per heavy atom. The molecule has 0 aliphatic carbocycles. The van der Waals surface area contributed by atoms with Gasteiger partial charge in [0.1, 0.15) is 17.3 Å². The number of nitrogens with one attached hydrogen (secondary N) is 2. The Hall–Kier alpha value is -3.55. The van der Waals surface area contributed by atoms with E-state index >= 15 is 0 Å². The number of hydrogen-bond donors (Lipinski definition) is 2. The maximum atomic E-state index is 13.2. The van der Waals surface area contributed by atoms with E-state index in [2.05, 4.69) is 15.6 Å². The van der Waals surface area contributed by atoms with Gasteiger partial charge in [-0.3, -0.25) is 4.79 Å². The van der Waals surface area contributed by atoms with Crippen LogP contribution in [0.4, 0.5) is 10.5 Å². The van der Waals surface area contributed by atoms with Crippen molar-refractivity contribution in [1.82, 2.24) is 14.9 Å². The maximum Gasteiger partial charge on any atom is 0.408 e. The molecule has 0 saturated carbocycles. The minimum absolute atomic E-state index is 0.287. The second-order valence-electron chi connectivity index (χ2n) is 8.23. The fourth-order valence-corrected chi connectivity index (χ4v) is 3.34. The fourth-order valence-electron chi connectivity index (χ4n) is 3.34. The SMILES string of the molecule is COc1ncccc1NC(=O)[C@H](Cc1cn(C)c2ccccc12)NC(=O)OC(C)(C)C. The van der Waals surface area contributed by atoms with Crippen LogP contribution >= 0.6 is 0 Å². The lowest BCUT2D eigenvalue weighted by molar-refractivity contribution is -0.118. The second kappa shape index (κ2) is 9.07. The van der Waals surface area contributed by atoms with Gasteiger partial charge >= 0.3 is 6.09 Å². The minimum Gasteiger partial charge on any atom is -0.480 e. The molecule has 8 nitrogen and oxygen atoms in total. The number of fused-ring (bicyclic) bond motifs is 1. The van der Waals surface area contributed by atoms with E-state index in [0.29, 0.717) is 5.69 Å². The van der Waals surface area contributed by atoms with Gasteiger partial charge in [-0.15, -0.1) is 0 Å². The van der Waals surface area contributed by atoms with Crippen LogP contribution in [0.1, 0.15) is 26.3 Å². The summed E-state index contributed by atoms with van der Waals surface area (Å²) >= 11 is 0. The molecule has 0 aliphatic rings. The highest BCUT2D eigenvalue weighted by atomic mass is 16.6. The number of amides is 2. The standard InChI is InChI=1S/C23H28N4O4/c1-23(2,3)31-22(29)26-18(20(28)25-17-10-8-12-24-21(17)30-5)13-15-14-27(4)19-11-7-6-9-16(15)19/h6-12,14,18H,13H2,1-5H3,(H,25,28)(H,26,29)/t18-/m0/s1. The molecular formula is C23H28N4O4. The van der Waals surface area contributed by atoms with Crippen LogP contribution in [0.2, 0.25) is 0 Å². The first-order valence-corrected chi connectivity index (χ1v) is 10.0. The van der Waals surface area contributed by atoms with Crippen LogP contribution in [-0.4, -0.2) is 40.3 Å². The molecule has 2 heterocycles. The van der Waals surface area contributed by atoms with Gasteiger partial charge in [-0.1, -0.05) is 18.2 Å². The number of methoxy groups -OCH3 is 1. The number of benzene rings is 1. The Morgan fingerprint density at radius 2 is 1.90 bits per heavy atom. The van der Waals surface area contributed by atoms with Gasteiger partial charge in [0.15, 0.2) is 0 Å². The molecular weight excluding hydrogens is 396 g/mol. The number of carbonyl (C=O) groups excluding carboxylic acids is 2. The Labute approximate surface area is 181 Å². The van der Waals surface area contributed by atoms with Crippen molar-refractivity contribution in [1.29, 1.82) is 0 Å². The molecule has 0 fully saturated rings. The Bertz CT molecular complexity index is 1080. The maximum absolute atomic E-state index is 13.2. The summed E-state index contributed by atoms with van der Waals surface area (Å²) < 4.78 is 12.6. The average molecular weight is 425 g/mol. The highest BCUT2D eigenvalue weighted by molar-refractivity contribution is 5.98. The lowest BCUT2D eigenvalue weighted by atomic mass is 10.0. The lowest BCUT2D eigenvalue weighted by Crippen LogP contribution is -2.47. The molecule has 0 aliphatic heterocycles. The van der Waals surface area contributed by atoms with Crippen LogP contribution in [0, 0.1) is 0 Å². The number of alkyl carbamates (subject to hydrolysis) is 1. The zero-order valence-electron chi connectivity index (χ0n) is 18.4. The van der Waals surface area contributed by atoms with Gasteiger partial charge in [0, 0.05) is 36.8 Å². The number of pyridine rings is 1. The van der Waals surface area contributed by atoms with Crippen LogP contribution in [-0.2, 0) is 23.0 Å². The molecule has 3 aromatic rings. The monoisotopic (exact) mass is 424 g/mol. The van der Waals surface area contributed by atoms with Crippen LogP contribution in [0.5, 0.6) is 5.88 Å². The van der Waals surface area contributed by atoms with Gasteiger partial charge in [0.2, 0.25) is 11.8 Å². The first kappa shape index (κ1) is 22.1. The summed E-state index contributed by atoms with van der Waals surface area (Å²) in [6.45, 7) is 5.31. The first-order chi connectivity index (χ1) is 14.7. The molecule has 2 aromatic heterocycles. The summed E-state index contributed by atoms with van der Waals surface area (Å²) in [6, 6.07) is 10.4. The van der Waals surface area contributed by atoms with E-state index in [1.807, 2.05) is 42.1 Å². The number of aromatic nitrogens is 2. The molecule has 2 N–H and O–H groups in total. The minimum atomic E-state index is -0.870. The number of carbonyl (C=O) groups is 2. The predicted molar refractivity (Wildman–Crippen MR) is 119 cm³/mol.